The summed E-state index contributed by atoms with van der Waals surface area (Å²) in [6.07, 6.45) is 2.50. The second-order valence-corrected chi connectivity index (χ2v) is 11.8. The van der Waals surface area contributed by atoms with E-state index < -0.39 is 8.07 Å². The van der Waals surface area contributed by atoms with Crippen LogP contribution in [0.2, 0.25) is 25.7 Å². The molecule has 0 saturated carbocycles. The Morgan fingerprint density at radius 2 is 2.14 bits per heavy atom. The van der Waals surface area contributed by atoms with Crippen LogP contribution in [-0.2, 0) is 11.5 Å². The Bertz CT molecular complexity index is 632. The van der Waals surface area contributed by atoms with E-state index >= 15 is 0 Å². The molecule has 5 nitrogen and oxygen atoms in total. The highest BCUT2D eigenvalue weighted by Crippen LogP contribution is 2.26. The first kappa shape index (κ1) is 15.7. The van der Waals surface area contributed by atoms with Crippen molar-refractivity contribution in [1.29, 1.82) is 0 Å². The van der Waals surface area contributed by atoms with Crippen LogP contribution in [0, 0.1) is 0 Å². The number of aldehydes is 1. The van der Waals surface area contributed by atoms with Crippen molar-refractivity contribution >= 4 is 25.4 Å². The van der Waals surface area contributed by atoms with E-state index in [-0.39, 0.29) is 0 Å². The Kier molecular flexibility index (Phi) is 4.79. The van der Waals surface area contributed by atoms with Gasteiger partial charge in [0.1, 0.15) is 18.1 Å². The van der Waals surface area contributed by atoms with E-state index in [9.17, 15) is 4.79 Å². The highest BCUT2D eigenvalue weighted by atomic mass is 28.3. The SMILES string of the molecule is COc1ccnc2c1cc(C=O)n2COCC[Si](C)(C)C. The first-order valence-corrected chi connectivity index (χ1v) is 10.7. The minimum absolute atomic E-state index is 0.336. The fourth-order valence-electron chi connectivity index (χ4n) is 2.09. The fraction of sp³-hybridized carbons (Fsp3) is 0.467. The van der Waals surface area contributed by atoms with Crippen LogP contribution >= 0.6 is 0 Å². The van der Waals surface area contributed by atoms with E-state index in [4.69, 9.17) is 9.47 Å². The van der Waals surface area contributed by atoms with Crippen molar-refractivity contribution in [2.45, 2.75) is 32.4 Å². The van der Waals surface area contributed by atoms with Gasteiger partial charge in [-0.25, -0.2) is 4.98 Å². The predicted molar refractivity (Wildman–Crippen MR) is 85.8 cm³/mol. The number of hydrogen-bond acceptors (Lipinski definition) is 4. The molecule has 0 atom stereocenters. The van der Waals surface area contributed by atoms with Crippen molar-refractivity contribution in [1.82, 2.24) is 9.55 Å². The molecule has 0 aliphatic carbocycles. The van der Waals surface area contributed by atoms with Crippen LogP contribution in [0.15, 0.2) is 18.3 Å². The second kappa shape index (κ2) is 6.40. The highest BCUT2D eigenvalue weighted by Gasteiger charge is 2.15. The van der Waals surface area contributed by atoms with E-state index in [1.54, 1.807) is 30.0 Å². The molecule has 0 bridgehead atoms. The normalized spacial score (nSPS) is 11.8. The summed E-state index contributed by atoms with van der Waals surface area (Å²) < 4.78 is 12.8. The summed E-state index contributed by atoms with van der Waals surface area (Å²) in [6, 6.07) is 4.67. The molecular formula is C15H22N2O3Si. The Balaban J connectivity index is 2.20. The number of aromatic nitrogens is 2. The summed E-state index contributed by atoms with van der Waals surface area (Å²) in [6.45, 7) is 7.97. The van der Waals surface area contributed by atoms with Gasteiger partial charge in [-0.15, -0.1) is 0 Å². The first-order chi connectivity index (χ1) is 9.96. The summed E-state index contributed by atoms with van der Waals surface area (Å²) in [7, 11) is 0.499. The van der Waals surface area contributed by atoms with Crippen LogP contribution < -0.4 is 4.74 Å². The number of carbonyl (C=O) groups excluding carboxylic acids is 1. The quantitative estimate of drug-likeness (QED) is 0.448. The van der Waals surface area contributed by atoms with Gasteiger partial charge in [-0.1, -0.05) is 19.6 Å². The van der Waals surface area contributed by atoms with Crippen LogP contribution in [0.25, 0.3) is 11.0 Å². The van der Waals surface area contributed by atoms with E-state index in [0.717, 1.165) is 17.7 Å². The van der Waals surface area contributed by atoms with Gasteiger partial charge in [-0.2, -0.15) is 0 Å². The molecule has 0 aliphatic rings. The minimum atomic E-state index is -1.11. The maximum absolute atomic E-state index is 11.3. The molecule has 0 saturated heterocycles. The van der Waals surface area contributed by atoms with Gasteiger partial charge in [0.25, 0.3) is 0 Å². The third-order valence-electron chi connectivity index (χ3n) is 3.35. The van der Waals surface area contributed by atoms with Crippen LogP contribution in [0.4, 0.5) is 0 Å². The average molecular weight is 306 g/mol. The molecule has 0 radical (unpaired) electrons. The number of nitrogens with zero attached hydrogens (tertiary/aromatic N) is 2. The van der Waals surface area contributed by atoms with Crippen molar-refractivity contribution in [3.63, 3.8) is 0 Å². The standard InChI is InChI=1S/C15H22N2O3Si/c1-19-14-5-6-16-15-13(14)9-12(10-18)17(15)11-20-7-8-21(2,3)4/h5-6,9-10H,7-8,11H2,1-4H3. The molecule has 2 aromatic rings. The predicted octanol–water partition coefficient (Wildman–Crippen LogP) is 3.17. The van der Waals surface area contributed by atoms with Crippen LogP contribution in [-0.4, -0.2) is 37.6 Å². The number of methoxy groups -OCH3 is 1. The van der Waals surface area contributed by atoms with Crippen molar-refractivity contribution in [2.75, 3.05) is 13.7 Å². The summed E-state index contributed by atoms with van der Waals surface area (Å²) in [5, 5.41) is 0.830. The lowest BCUT2D eigenvalue weighted by Crippen LogP contribution is -2.22. The van der Waals surface area contributed by atoms with Crippen molar-refractivity contribution in [3.8, 4) is 5.75 Å². The molecule has 2 aromatic heterocycles. The Morgan fingerprint density at radius 1 is 1.38 bits per heavy atom. The molecular weight excluding hydrogens is 284 g/mol. The Hall–Kier alpha value is -1.66. The number of fused-ring (bicyclic) bond motifs is 1. The fourth-order valence-corrected chi connectivity index (χ4v) is 2.85. The minimum Gasteiger partial charge on any atom is -0.496 e. The summed E-state index contributed by atoms with van der Waals surface area (Å²) >= 11 is 0. The van der Waals surface area contributed by atoms with Crippen LogP contribution in [0.1, 0.15) is 10.5 Å². The summed E-state index contributed by atoms with van der Waals surface area (Å²) in [4.78, 5) is 15.6. The lowest BCUT2D eigenvalue weighted by molar-refractivity contribution is 0.0860. The molecule has 0 aliphatic heterocycles. The smallest absolute Gasteiger partial charge is 0.166 e. The molecule has 114 valence electrons. The molecule has 0 fully saturated rings. The topological polar surface area (TPSA) is 53.3 Å². The van der Waals surface area contributed by atoms with Gasteiger partial charge in [0.2, 0.25) is 0 Å². The number of pyridine rings is 1. The molecule has 0 amide bonds. The van der Waals surface area contributed by atoms with E-state index in [0.29, 0.717) is 30.4 Å². The maximum atomic E-state index is 11.3. The van der Waals surface area contributed by atoms with Gasteiger partial charge in [-0.05, 0) is 18.2 Å². The van der Waals surface area contributed by atoms with Crippen LogP contribution in [0.5, 0.6) is 5.75 Å². The van der Waals surface area contributed by atoms with Gasteiger partial charge in [0.05, 0.1) is 18.2 Å². The third-order valence-corrected chi connectivity index (χ3v) is 5.05. The van der Waals surface area contributed by atoms with E-state index in [1.807, 2.05) is 0 Å². The Morgan fingerprint density at radius 3 is 2.76 bits per heavy atom. The monoisotopic (exact) mass is 306 g/mol. The third kappa shape index (κ3) is 3.71. The molecule has 0 spiro atoms. The zero-order valence-corrected chi connectivity index (χ0v) is 14.0. The van der Waals surface area contributed by atoms with Gasteiger partial charge < -0.3 is 9.47 Å². The van der Waals surface area contributed by atoms with Gasteiger partial charge in [-0.3, -0.25) is 9.36 Å². The number of ether oxygens (including phenoxy) is 2. The van der Waals surface area contributed by atoms with Crippen LogP contribution in [0.3, 0.4) is 0 Å². The molecule has 6 heteroatoms. The van der Waals surface area contributed by atoms with Crippen molar-refractivity contribution < 1.29 is 14.3 Å². The van der Waals surface area contributed by atoms with Crippen molar-refractivity contribution in [2.24, 2.45) is 0 Å². The van der Waals surface area contributed by atoms with Gasteiger partial charge in [0, 0.05) is 20.9 Å². The average Bonchev–Trinajstić information content (AvgIpc) is 2.80. The highest BCUT2D eigenvalue weighted by molar-refractivity contribution is 6.76. The largest absolute Gasteiger partial charge is 0.496 e. The van der Waals surface area contributed by atoms with E-state index in [2.05, 4.69) is 24.6 Å². The summed E-state index contributed by atoms with van der Waals surface area (Å²) in [5.41, 5.74) is 1.26. The lowest BCUT2D eigenvalue weighted by atomic mass is 10.3. The molecule has 0 unspecified atom stereocenters. The maximum Gasteiger partial charge on any atom is 0.166 e. The number of rotatable bonds is 7. The molecule has 0 N–H and O–H groups in total. The molecule has 21 heavy (non-hydrogen) atoms. The van der Waals surface area contributed by atoms with Crippen molar-refractivity contribution in [3.05, 3.63) is 24.0 Å². The molecule has 0 aromatic carbocycles. The zero-order valence-electron chi connectivity index (χ0n) is 13.0. The number of hydrogen-bond donors (Lipinski definition) is 0. The number of carbonyl (C=O) groups is 1. The van der Waals surface area contributed by atoms with Gasteiger partial charge >= 0.3 is 0 Å². The first-order valence-electron chi connectivity index (χ1n) is 7.01. The molecule has 2 heterocycles. The van der Waals surface area contributed by atoms with E-state index in [1.165, 1.54) is 0 Å². The van der Waals surface area contributed by atoms with Gasteiger partial charge in [0.15, 0.2) is 6.29 Å². The molecule has 2 rings (SSSR count). The lowest BCUT2D eigenvalue weighted by Gasteiger charge is -2.16. The zero-order chi connectivity index (χ0) is 15.5. The Labute approximate surface area is 125 Å². The second-order valence-electron chi connectivity index (χ2n) is 6.21. The summed E-state index contributed by atoms with van der Waals surface area (Å²) in [5.74, 6) is 0.712.